The number of nitrogens with zero attached hydrogens (tertiary/aromatic N) is 5. The number of anilines is 2. The summed E-state index contributed by atoms with van der Waals surface area (Å²) in [5.74, 6) is 0.948. The average molecular weight is 509 g/mol. The molecule has 5 aromatic rings. The zero-order valence-corrected chi connectivity index (χ0v) is 20.2. The van der Waals surface area contributed by atoms with Crippen molar-refractivity contribution < 1.29 is 13.5 Å². The molecule has 0 aliphatic rings. The minimum absolute atomic E-state index is 0.0726. The van der Waals surface area contributed by atoms with E-state index in [2.05, 4.69) is 14.9 Å². The van der Waals surface area contributed by atoms with Crippen LogP contribution < -0.4 is 9.62 Å². The predicted octanol–water partition coefficient (Wildman–Crippen LogP) is 3.64. The second-order valence-electron chi connectivity index (χ2n) is 7.82. The summed E-state index contributed by atoms with van der Waals surface area (Å²) in [6.07, 6.45) is 1.57. The molecule has 0 fully saturated rings. The van der Waals surface area contributed by atoms with E-state index in [0.717, 1.165) is 22.0 Å². The largest absolute Gasteiger partial charge is 0.395 e. The van der Waals surface area contributed by atoms with Gasteiger partial charge >= 0.3 is 0 Å². The lowest BCUT2D eigenvalue weighted by Gasteiger charge is -2.24. The average Bonchev–Trinajstić information content (AvgIpc) is 3.36. The Bertz CT molecular complexity index is 1640. The third-order valence-corrected chi connectivity index (χ3v) is 7.34. The predicted molar refractivity (Wildman–Crippen MR) is 136 cm³/mol. The molecular formula is C24H21ClN6O3S. The molecule has 2 heterocycles. The third kappa shape index (κ3) is 4.32. The molecule has 0 saturated carbocycles. The lowest BCUT2D eigenvalue weighted by Crippen LogP contribution is -2.27. The number of halogens is 1. The highest BCUT2D eigenvalue weighted by Crippen LogP contribution is 2.38. The zero-order chi connectivity index (χ0) is 24.6. The minimum Gasteiger partial charge on any atom is -0.395 e. The van der Waals surface area contributed by atoms with E-state index >= 15 is 0 Å². The Labute approximate surface area is 206 Å². The van der Waals surface area contributed by atoms with E-state index in [-0.39, 0.29) is 18.0 Å². The van der Waals surface area contributed by atoms with Gasteiger partial charge in [-0.05, 0) is 35.9 Å². The van der Waals surface area contributed by atoms with Crippen LogP contribution >= 0.6 is 11.6 Å². The first-order chi connectivity index (χ1) is 16.9. The quantitative estimate of drug-likeness (QED) is 0.345. The number of sulfonamides is 1. The van der Waals surface area contributed by atoms with Gasteiger partial charge in [0.1, 0.15) is 12.1 Å². The molecule has 0 bridgehead atoms. The lowest BCUT2D eigenvalue weighted by molar-refractivity contribution is 0.301. The van der Waals surface area contributed by atoms with Gasteiger partial charge in [0.15, 0.2) is 0 Å². The van der Waals surface area contributed by atoms with Gasteiger partial charge in [-0.3, -0.25) is 4.40 Å². The number of fused-ring (bicyclic) bond motifs is 3. The summed E-state index contributed by atoms with van der Waals surface area (Å²) in [6, 6.07) is 20.0. The van der Waals surface area contributed by atoms with Crippen LogP contribution in [0, 0.1) is 0 Å². The van der Waals surface area contributed by atoms with Crippen molar-refractivity contribution in [2.75, 3.05) is 25.1 Å². The molecule has 9 nitrogen and oxygen atoms in total. The molecule has 0 atom stereocenters. The molecule has 0 unspecified atom stereocenters. The van der Waals surface area contributed by atoms with Gasteiger partial charge in [-0.25, -0.2) is 13.1 Å². The van der Waals surface area contributed by atoms with Gasteiger partial charge in [-0.1, -0.05) is 48.0 Å². The van der Waals surface area contributed by atoms with Gasteiger partial charge in [-0.15, -0.1) is 10.2 Å². The van der Waals surface area contributed by atoms with E-state index < -0.39 is 10.0 Å². The normalized spacial score (nSPS) is 11.9. The number of aliphatic hydroxyl groups excluding tert-OH is 1. The van der Waals surface area contributed by atoms with Crippen LogP contribution in [0.1, 0.15) is 0 Å². The van der Waals surface area contributed by atoms with Crippen molar-refractivity contribution in [2.45, 2.75) is 4.90 Å². The molecule has 0 spiro atoms. The van der Waals surface area contributed by atoms with Crippen molar-refractivity contribution in [3.8, 4) is 11.1 Å². The molecule has 178 valence electrons. The Balaban J connectivity index is 1.74. The number of nitrogens with one attached hydrogen (secondary N) is 1. The maximum Gasteiger partial charge on any atom is 0.257 e. The van der Waals surface area contributed by atoms with Crippen LogP contribution in [0.15, 0.2) is 78.0 Å². The molecule has 11 heteroatoms. The molecule has 0 radical (unpaired) electrons. The summed E-state index contributed by atoms with van der Waals surface area (Å²) in [4.78, 5) is 6.62. The SMILES string of the molecule is CN(c1cc(S(=O)(=O)NCCO)ccc1-c1ccccc1)c1nc2nncn2c2cc(Cl)ccc12. The zero-order valence-electron chi connectivity index (χ0n) is 18.6. The van der Waals surface area contributed by atoms with Crippen LogP contribution in [0.3, 0.4) is 0 Å². The first kappa shape index (κ1) is 23.2. The first-order valence-electron chi connectivity index (χ1n) is 10.7. The van der Waals surface area contributed by atoms with Gasteiger partial charge in [0.2, 0.25) is 10.0 Å². The summed E-state index contributed by atoms with van der Waals surface area (Å²) in [5, 5.41) is 18.5. The standard InChI is InChI=1S/C24H21ClN6O3S/c1-30(23-20-9-7-17(25)13-22(20)31-15-26-29-24(31)28-23)21-14-18(35(33,34)27-11-12-32)8-10-19(21)16-5-3-2-4-6-16/h2-10,13-15,27,32H,11-12H2,1H3. The van der Waals surface area contributed by atoms with Gasteiger partial charge in [0.05, 0.1) is 22.7 Å². The van der Waals surface area contributed by atoms with Crippen molar-refractivity contribution in [2.24, 2.45) is 0 Å². The number of rotatable bonds is 7. The van der Waals surface area contributed by atoms with Crippen LogP contribution in [0.4, 0.5) is 11.5 Å². The third-order valence-electron chi connectivity index (χ3n) is 5.64. The maximum atomic E-state index is 12.8. The van der Waals surface area contributed by atoms with E-state index in [1.807, 2.05) is 54.4 Å². The molecule has 2 aromatic heterocycles. The number of benzene rings is 3. The second kappa shape index (κ2) is 9.23. The Morgan fingerprint density at radius 3 is 2.66 bits per heavy atom. The van der Waals surface area contributed by atoms with Crippen LogP contribution in [-0.4, -0.2) is 53.3 Å². The number of aliphatic hydroxyl groups is 1. The Kier molecular flexibility index (Phi) is 6.12. The van der Waals surface area contributed by atoms with Crippen LogP contribution in [0.5, 0.6) is 0 Å². The molecule has 5 rings (SSSR count). The Hall–Kier alpha value is -3.57. The highest BCUT2D eigenvalue weighted by Gasteiger charge is 2.21. The summed E-state index contributed by atoms with van der Waals surface area (Å²) in [6.45, 7) is -0.380. The van der Waals surface area contributed by atoms with Crippen molar-refractivity contribution >= 4 is 49.8 Å². The van der Waals surface area contributed by atoms with Gasteiger partial charge in [0, 0.05) is 29.6 Å². The van der Waals surface area contributed by atoms with Crippen molar-refractivity contribution in [1.82, 2.24) is 24.3 Å². The van der Waals surface area contributed by atoms with Crippen LogP contribution in [0.25, 0.3) is 27.8 Å². The topological polar surface area (TPSA) is 113 Å². The molecule has 0 aliphatic heterocycles. The number of hydrogen-bond acceptors (Lipinski definition) is 7. The fourth-order valence-electron chi connectivity index (χ4n) is 3.97. The van der Waals surface area contributed by atoms with Gasteiger partial charge in [-0.2, -0.15) is 4.98 Å². The molecule has 0 aliphatic carbocycles. The van der Waals surface area contributed by atoms with Crippen LogP contribution in [-0.2, 0) is 10.0 Å². The fraction of sp³-hybridized carbons (Fsp3) is 0.125. The van der Waals surface area contributed by atoms with Gasteiger partial charge < -0.3 is 10.0 Å². The van der Waals surface area contributed by atoms with E-state index in [9.17, 15) is 8.42 Å². The van der Waals surface area contributed by atoms with Crippen molar-refractivity contribution in [1.29, 1.82) is 0 Å². The number of hydrogen-bond donors (Lipinski definition) is 2. The lowest BCUT2D eigenvalue weighted by atomic mass is 10.0. The fourth-order valence-corrected chi connectivity index (χ4v) is 5.18. The number of aromatic nitrogens is 4. The summed E-state index contributed by atoms with van der Waals surface area (Å²) >= 11 is 6.27. The minimum atomic E-state index is -3.83. The molecule has 0 saturated heterocycles. The Morgan fingerprint density at radius 2 is 1.89 bits per heavy atom. The monoisotopic (exact) mass is 508 g/mol. The second-order valence-corrected chi connectivity index (χ2v) is 10.0. The summed E-state index contributed by atoms with van der Waals surface area (Å²) in [7, 11) is -2.01. The Morgan fingerprint density at radius 1 is 1.09 bits per heavy atom. The van der Waals surface area contributed by atoms with E-state index in [0.29, 0.717) is 22.3 Å². The molecular weight excluding hydrogens is 488 g/mol. The van der Waals surface area contributed by atoms with E-state index in [4.69, 9.17) is 21.7 Å². The van der Waals surface area contributed by atoms with Crippen molar-refractivity contribution in [3.05, 3.63) is 78.1 Å². The first-order valence-corrected chi connectivity index (χ1v) is 12.6. The molecule has 35 heavy (non-hydrogen) atoms. The summed E-state index contributed by atoms with van der Waals surface area (Å²) in [5.41, 5.74) is 3.12. The van der Waals surface area contributed by atoms with E-state index in [1.54, 1.807) is 35.0 Å². The molecule has 3 aromatic carbocycles. The molecule has 0 amide bonds. The van der Waals surface area contributed by atoms with Crippen molar-refractivity contribution in [3.63, 3.8) is 0 Å². The highest BCUT2D eigenvalue weighted by molar-refractivity contribution is 7.89. The smallest absolute Gasteiger partial charge is 0.257 e. The highest BCUT2D eigenvalue weighted by atomic mass is 35.5. The summed E-state index contributed by atoms with van der Waals surface area (Å²) < 4.78 is 29.8. The molecule has 2 N–H and O–H groups in total. The van der Waals surface area contributed by atoms with E-state index in [1.165, 1.54) is 0 Å². The van der Waals surface area contributed by atoms with Gasteiger partial charge in [0.25, 0.3) is 5.78 Å². The van der Waals surface area contributed by atoms with Crippen LogP contribution in [0.2, 0.25) is 5.02 Å². The maximum absolute atomic E-state index is 12.8.